The van der Waals surface area contributed by atoms with E-state index < -0.39 is 0 Å². The molecule has 0 aliphatic carbocycles. The van der Waals surface area contributed by atoms with Crippen molar-refractivity contribution in [1.82, 2.24) is 0 Å². The monoisotopic (exact) mass is 242 g/mol. The van der Waals surface area contributed by atoms with E-state index in [-0.39, 0.29) is 6.04 Å². The van der Waals surface area contributed by atoms with Crippen molar-refractivity contribution in [3.8, 4) is 0 Å². The Labute approximate surface area is 98.4 Å². The molecule has 0 amide bonds. The lowest BCUT2D eigenvalue weighted by molar-refractivity contribution is 0.959. The van der Waals surface area contributed by atoms with Crippen molar-refractivity contribution < 1.29 is 0 Å². The van der Waals surface area contributed by atoms with Gasteiger partial charge in [-0.2, -0.15) is 4.36 Å². The first kappa shape index (κ1) is 11.6. The normalized spacial score (nSPS) is 14.4. The summed E-state index contributed by atoms with van der Waals surface area (Å²) in [6, 6.07) is 3.99. The smallest absolute Gasteiger partial charge is 0.0883 e. The Balaban J connectivity index is 3.19. The van der Waals surface area contributed by atoms with E-state index in [1.807, 2.05) is 31.4 Å². The third kappa shape index (κ3) is 2.50. The van der Waals surface area contributed by atoms with E-state index in [9.17, 15) is 0 Å². The molecule has 14 heavy (non-hydrogen) atoms. The molecule has 1 heterocycles. The highest BCUT2D eigenvalue weighted by molar-refractivity contribution is 7.47. The summed E-state index contributed by atoms with van der Waals surface area (Å²) in [5.41, 5.74) is 1.86. The van der Waals surface area contributed by atoms with Crippen molar-refractivity contribution >= 4 is 41.8 Å². The van der Waals surface area contributed by atoms with Gasteiger partial charge in [-0.3, -0.25) is 0 Å². The van der Waals surface area contributed by atoms with E-state index in [4.69, 9.17) is 12.4 Å². The van der Waals surface area contributed by atoms with Gasteiger partial charge in [0.25, 0.3) is 0 Å². The number of thiophene rings is 1. The summed E-state index contributed by atoms with van der Waals surface area (Å²) < 4.78 is 7.62. The van der Waals surface area contributed by atoms with Gasteiger partial charge in [0.2, 0.25) is 0 Å². The molecule has 0 aromatic carbocycles. The first-order valence-electron chi connectivity index (χ1n) is 4.11. The maximum absolute atomic E-state index is 4.71. The number of rotatable bonds is 4. The fourth-order valence-corrected chi connectivity index (χ4v) is 2.33. The van der Waals surface area contributed by atoms with Crippen LogP contribution in [0, 0.1) is 0 Å². The molecule has 0 fully saturated rings. The molecule has 5 heteroatoms. The standard InChI is InChI=1S/C9H10N2S3/c1-6(10-12)9(7(2)11-13)8-4-3-5-14-8/h3-6H,1-2H3/b9-7-. The third-order valence-electron chi connectivity index (χ3n) is 1.89. The van der Waals surface area contributed by atoms with Gasteiger partial charge in [0.05, 0.1) is 11.7 Å². The number of allylic oxidation sites excluding steroid dienone is 1. The fourth-order valence-electron chi connectivity index (χ4n) is 1.22. The predicted molar refractivity (Wildman–Crippen MR) is 66.0 cm³/mol. The van der Waals surface area contributed by atoms with Crippen LogP contribution in [-0.2, 0) is 24.9 Å². The third-order valence-corrected chi connectivity index (χ3v) is 3.38. The largest absolute Gasteiger partial charge is 0.212 e. The average molecular weight is 242 g/mol. The van der Waals surface area contributed by atoms with Crippen LogP contribution in [0.5, 0.6) is 0 Å². The minimum absolute atomic E-state index is 0.0321. The maximum atomic E-state index is 4.71. The Morgan fingerprint density at radius 3 is 2.64 bits per heavy atom. The molecule has 74 valence electrons. The van der Waals surface area contributed by atoms with E-state index in [0.29, 0.717) is 0 Å². The van der Waals surface area contributed by atoms with Crippen LogP contribution in [-0.4, -0.2) is 6.04 Å². The van der Waals surface area contributed by atoms with Gasteiger partial charge in [-0.05, 0) is 25.3 Å². The molecule has 0 aliphatic heterocycles. The van der Waals surface area contributed by atoms with Crippen molar-refractivity contribution in [1.29, 1.82) is 0 Å². The number of hydrogen-bond acceptors (Lipinski definition) is 5. The summed E-state index contributed by atoms with van der Waals surface area (Å²) >= 11 is 11.0. The molecule has 1 aromatic rings. The molecule has 0 saturated heterocycles. The highest BCUT2D eigenvalue weighted by Crippen LogP contribution is 2.28. The lowest BCUT2D eigenvalue weighted by Gasteiger charge is -2.09. The second kappa shape index (κ2) is 5.38. The topological polar surface area (TPSA) is 24.7 Å². The van der Waals surface area contributed by atoms with E-state index in [1.165, 1.54) is 0 Å². The van der Waals surface area contributed by atoms with Gasteiger partial charge in [0.15, 0.2) is 0 Å². The summed E-state index contributed by atoms with van der Waals surface area (Å²) in [5, 5.41) is 2.02. The molecule has 2 nitrogen and oxygen atoms in total. The van der Waals surface area contributed by atoms with Crippen LogP contribution < -0.4 is 0 Å². The van der Waals surface area contributed by atoms with E-state index in [2.05, 4.69) is 21.2 Å². The average Bonchev–Trinajstić information content (AvgIpc) is 2.70. The molecule has 0 spiro atoms. The van der Waals surface area contributed by atoms with Gasteiger partial charge in [0.1, 0.15) is 0 Å². The Morgan fingerprint density at radius 1 is 1.50 bits per heavy atom. The Kier molecular flexibility index (Phi) is 4.44. The molecular formula is C9H10N2S3. The van der Waals surface area contributed by atoms with E-state index >= 15 is 0 Å². The predicted octanol–water partition coefficient (Wildman–Crippen LogP) is 3.33. The quantitative estimate of drug-likeness (QED) is 0.809. The van der Waals surface area contributed by atoms with Crippen molar-refractivity contribution in [2.45, 2.75) is 19.9 Å². The second-order valence-electron chi connectivity index (χ2n) is 2.85. The molecule has 1 unspecified atom stereocenters. The van der Waals surface area contributed by atoms with Crippen LogP contribution >= 0.6 is 11.3 Å². The fraction of sp³-hybridized carbons (Fsp3) is 0.333. The second-order valence-corrected chi connectivity index (χ2v) is 4.19. The van der Waals surface area contributed by atoms with Crippen molar-refractivity contribution in [2.75, 3.05) is 0 Å². The highest BCUT2D eigenvalue weighted by atomic mass is 32.1. The van der Waals surface area contributed by atoms with Crippen molar-refractivity contribution in [3.63, 3.8) is 0 Å². The van der Waals surface area contributed by atoms with E-state index in [0.717, 1.165) is 16.1 Å². The van der Waals surface area contributed by atoms with Gasteiger partial charge in [-0.25, -0.2) is 4.36 Å². The first-order chi connectivity index (χ1) is 6.70. The van der Waals surface area contributed by atoms with Crippen molar-refractivity contribution in [3.05, 3.63) is 28.1 Å². The molecule has 1 rings (SSSR count). The minimum atomic E-state index is -0.0321. The lowest BCUT2D eigenvalue weighted by Crippen LogP contribution is -2.01. The molecule has 1 aromatic heterocycles. The van der Waals surface area contributed by atoms with Gasteiger partial charge in [-0.1, -0.05) is 6.07 Å². The van der Waals surface area contributed by atoms with Crippen LogP contribution in [0.25, 0.3) is 5.57 Å². The van der Waals surface area contributed by atoms with Crippen LogP contribution in [0.15, 0.2) is 31.9 Å². The minimum Gasteiger partial charge on any atom is -0.212 e. The summed E-state index contributed by atoms with van der Waals surface area (Å²) in [4.78, 5) is 1.14. The zero-order valence-corrected chi connectivity index (χ0v) is 10.4. The molecule has 0 saturated carbocycles. The van der Waals surface area contributed by atoms with Crippen LogP contribution in [0.2, 0.25) is 0 Å². The molecule has 0 N–H and O–H groups in total. The Hall–Kier alpha value is -0.520. The Morgan fingerprint density at radius 2 is 2.21 bits per heavy atom. The summed E-state index contributed by atoms with van der Waals surface area (Å²) in [7, 11) is 0. The molecule has 0 aliphatic rings. The molecule has 0 bridgehead atoms. The zero-order valence-electron chi connectivity index (χ0n) is 7.93. The summed E-state index contributed by atoms with van der Waals surface area (Å²) in [6.07, 6.45) is 0. The summed E-state index contributed by atoms with van der Waals surface area (Å²) in [6.45, 7) is 3.84. The van der Waals surface area contributed by atoms with Crippen LogP contribution in [0.3, 0.4) is 0 Å². The van der Waals surface area contributed by atoms with Gasteiger partial charge < -0.3 is 0 Å². The van der Waals surface area contributed by atoms with Gasteiger partial charge >= 0.3 is 0 Å². The van der Waals surface area contributed by atoms with Gasteiger partial charge in [-0.15, -0.1) is 11.3 Å². The number of hydrogen-bond donors (Lipinski definition) is 0. The van der Waals surface area contributed by atoms with Crippen LogP contribution in [0.1, 0.15) is 18.7 Å². The van der Waals surface area contributed by atoms with Crippen molar-refractivity contribution in [2.24, 2.45) is 8.73 Å². The molecule has 0 radical (unpaired) electrons. The van der Waals surface area contributed by atoms with E-state index in [1.54, 1.807) is 11.3 Å². The number of nitrogens with zero attached hydrogens (tertiary/aromatic N) is 2. The summed E-state index contributed by atoms with van der Waals surface area (Å²) in [5.74, 6) is 0. The highest BCUT2D eigenvalue weighted by Gasteiger charge is 2.13. The van der Waals surface area contributed by atoms with Gasteiger partial charge in [0, 0.05) is 35.3 Å². The molecule has 1 atom stereocenters. The first-order valence-corrected chi connectivity index (χ1v) is 5.72. The zero-order chi connectivity index (χ0) is 10.6. The SMILES string of the molecule is C/C(N=S)=C(/c1cccs1)C(C)N=S. The molecular weight excluding hydrogens is 232 g/mol. The lowest BCUT2D eigenvalue weighted by atomic mass is 10.1. The maximum Gasteiger partial charge on any atom is 0.0883 e. The van der Waals surface area contributed by atoms with Crippen LogP contribution in [0.4, 0.5) is 0 Å². The Bertz CT molecular complexity index is 354.